The predicted molar refractivity (Wildman–Crippen MR) is 55.0 cm³/mol. The van der Waals surface area contributed by atoms with Crippen molar-refractivity contribution in [1.29, 1.82) is 0 Å². The minimum atomic E-state index is -0.209. The summed E-state index contributed by atoms with van der Waals surface area (Å²) in [6, 6.07) is 0. The van der Waals surface area contributed by atoms with Crippen LogP contribution in [0.1, 0.15) is 26.7 Å². The Hall–Kier alpha value is -0.610. The lowest BCUT2D eigenvalue weighted by molar-refractivity contribution is -0.140. The van der Waals surface area contributed by atoms with Crippen molar-refractivity contribution in [2.24, 2.45) is 5.41 Å². The molecule has 0 amide bonds. The molecule has 0 fully saturated rings. The number of aliphatic hydroxyl groups excluding tert-OH is 1. The molecule has 0 rings (SSSR count). The van der Waals surface area contributed by atoms with E-state index in [4.69, 9.17) is 5.11 Å². The lowest BCUT2D eigenvalue weighted by atomic mass is 9.89. The van der Waals surface area contributed by atoms with Crippen molar-refractivity contribution in [1.82, 2.24) is 5.32 Å². The van der Waals surface area contributed by atoms with E-state index in [9.17, 15) is 4.79 Å². The van der Waals surface area contributed by atoms with Crippen LogP contribution in [-0.2, 0) is 9.53 Å². The van der Waals surface area contributed by atoms with Crippen LogP contribution >= 0.6 is 0 Å². The zero-order valence-corrected chi connectivity index (χ0v) is 9.30. The van der Waals surface area contributed by atoms with E-state index < -0.39 is 0 Å². The first-order valence-electron chi connectivity index (χ1n) is 4.96. The van der Waals surface area contributed by atoms with E-state index in [0.29, 0.717) is 13.0 Å². The molecular weight excluding hydrogens is 182 g/mol. The molecule has 0 bridgehead atoms. The van der Waals surface area contributed by atoms with E-state index in [2.05, 4.69) is 10.1 Å². The Bertz CT molecular complexity index is 167. The molecule has 14 heavy (non-hydrogen) atoms. The molecule has 1 atom stereocenters. The molecule has 0 radical (unpaired) electrons. The van der Waals surface area contributed by atoms with E-state index in [1.807, 2.05) is 13.8 Å². The number of carbonyl (C=O) groups is 1. The molecule has 0 aromatic carbocycles. The van der Waals surface area contributed by atoms with Crippen molar-refractivity contribution in [2.75, 3.05) is 26.8 Å². The van der Waals surface area contributed by atoms with Gasteiger partial charge < -0.3 is 15.2 Å². The van der Waals surface area contributed by atoms with Gasteiger partial charge in [-0.2, -0.15) is 0 Å². The quantitative estimate of drug-likeness (QED) is 0.468. The number of nitrogens with one attached hydrogen (secondary N) is 1. The lowest BCUT2D eigenvalue weighted by Gasteiger charge is -2.25. The van der Waals surface area contributed by atoms with Gasteiger partial charge in [-0.25, -0.2) is 0 Å². The largest absolute Gasteiger partial charge is 0.469 e. The Kier molecular flexibility index (Phi) is 6.49. The average Bonchev–Trinajstić information content (AvgIpc) is 2.23. The number of aliphatic hydroxyl groups is 1. The highest BCUT2D eigenvalue weighted by molar-refractivity contribution is 5.69. The van der Waals surface area contributed by atoms with Crippen molar-refractivity contribution < 1.29 is 14.6 Å². The highest BCUT2D eigenvalue weighted by atomic mass is 16.5. The molecule has 1 unspecified atom stereocenters. The Balaban J connectivity index is 3.57. The molecule has 0 aliphatic rings. The number of ether oxygens (including phenoxy) is 1. The zero-order chi connectivity index (χ0) is 11.0. The van der Waals surface area contributed by atoms with E-state index in [1.54, 1.807) is 0 Å². The van der Waals surface area contributed by atoms with E-state index in [-0.39, 0.29) is 18.0 Å². The van der Waals surface area contributed by atoms with Gasteiger partial charge in [0, 0.05) is 25.1 Å². The summed E-state index contributed by atoms with van der Waals surface area (Å²) in [5, 5.41) is 12.2. The van der Waals surface area contributed by atoms with Gasteiger partial charge in [0.15, 0.2) is 0 Å². The van der Waals surface area contributed by atoms with Gasteiger partial charge in [-0.15, -0.1) is 0 Å². The molecule has 0 heterocycles. The summed E-state index contributed by atoms with van der Waals surface area (Å²) in [5.41, 5.74) is -0.0872. The third-order valence-corrected chi connectivity index (χ3v) is 2.52. The molecule has 4 nitrogen and oxygen atoms in total. The topological polar surface area (TPSA) is 58.6 Å². The van der Waals surface area contributed by atoms with Crippen molar-refractivity contribution in [3.8, 4) is 0 Å². The summed E-state index contributed by atoms with van der Waals surface area (Å²) < 4.78 is 4.51. The van der Waals surface area contributed by atoms with Crippen molar-refractivity contribution in [2.45, 2.75) is 26.7 Å². The lowest BCUT2D eigenvalue weighted by Crippen LogP contribution is -2.35. The van der Waals surface area contributed by atoms with Crippen LogP contribution in [0.2, 0.25) is 0 Å². The number of rotatable bonds is 7. The maximum Gasteiger partial charge on any atom is 0.306 e. The summed E-state index contributed by atoms with van der Waals surface area (Å²) >= 11 is 0. The molecular formula is C10H21NO3. The monoisotopic (exact) mass is 203 g/mol. The Morgan fingerprint density at radius 3 is 2.64 bits per heavy atom. The highest BCUT2D eigenvalue weighted by Gasteiger charge is 2.19. The third-order valence-electron chi connectivity index (χ3n) is 2.52. The first kappa shape index (κ1) is 13.4. The van der Waals surface area contributed by atoms with Gasteiger partial charge in [0.25, 0.3) is 0 Å². The maximum atomic E-state index is 10.8. The third kappa shape index (κ3) is 5.19. The van der Waals surface area contributed by atoms with Crippen LogP contribution in [-0.4, -0.2) is 37.9 Å². The molecule has 0 saturated heterocycles. The van der Waals surface area contributed by atoms with Crippen LogP contribution in [0.3, 0.4) is 0 Å². The number of methoxy groups -OCH3 is 1. The Morgan fingerprint density at radius 2 is 2.21 bits per heavy atom. The number of hydrogen-bond acceptors (Lipinski definition) is 4. The van der Waals surface area contributed by atoms with Crippen LogP contribution in [0, 0.1) is 5.41 Å². The molecule has 0 aromatic heterocycles. The van der Waals surface area contributed by atoms with Gasteiger partial charge in [-0.3, -0.25) is 4.79 Å². The van der Waals surface area contributed by atoms with Crippen LogP contribution in [0.4, 0.5) is 0 Å². The first-order valence-corrected chi connectivity index (χ1v) is 4.96. The van der Waals surface area contributed by atoms with E-state index in [1.165, 1.54) is 7.11 Å². The van der Waals surface area contributed by atoms with Gasteiger partial charge in [-0.1, -0.05) is 13.8 Å². The second kappa shape index (κ2) is 6.79. The van der Waals surface area contributed by atoms with Gasteiger partial charge in [0.1, 0.15) is 0 Å². The SMILES string of the molecule is CCC(C)(CO)CNCCC(=O)OC. The van der Waals surface area contributed by atoms with Gasteiger partial charge in [-0.05, 0) is 6.42 Å². The fourth-order valence-electron chi connectivity index (χ4n) is 0.975. The van der Waals surface area contributed by atoms with Crippen LogP contribution < -0.4 is 5.32 Å². The van der Waals surface area contributed by atoms with Gasteiger partial charge >= 0.3 is 5.97 Å². The number of esters is 1. The van der Waals surface area contributed by atoms with Gasteiger partial charge in [0.05, 0.1) is 13.5 Å². The molecule has 0 spiro atoms. The Morgan fingerprint density at radius 1 is 1.57 bits per heavy atom. The maximum absolute atomic E-state index is 10.8. The highest BCUT2D eigenvalue weighted by Crippen LogP contribution is 2.17. The zero-order valence-electron chi connectivity index (χ0n) is 9.30. The van der Waals surface area contributed by atoms with Crippen molar-refractivity contribution in [3.05, 3.63) is 0 Å². The summed E-state index contributed by atoms with van der Waals surface area (Å²) in [5.74, 6) is -0.209. The standard InChI is InChI=1S/C10H21NO3/c1-4-10(2,8-12)7-11-6-5-9(13)14-3/h11-12H,4-8H2,1-3H3. The first-order chi connectivity index (χ1) is 6.58. The second-order valence-corrected chi connectivity index (χ2v) is 3.83. The smallest absolute Gasteiger partial charge is 0.306 e. The van der Waals surface area contributed by atoms with E-state index >= 15 is 0 Å². The molecule has 0 aliphatic heterocycles. The normalized spacial score (nSPS) is 14.9. The fourth-order valence-corrected chi connectivity index (χ4v) is 0.975. The fraction of sp³-hybridized carbons (Fsp3) is 0.900. The molecule has 84 valence electrons. The number of hydrogen-bond donors (Lipinski definition) is 2. The summed E-state index contributed by atoms with van der Waals surface area (Å²) in [4.78, 5) is 10.8. The van der Waals surface area contributed by atoms with Crippen LogP contribution in [0.5, 0.6) is 0 Å². The van der Waals surface area contributed by atoms with Crippen LogP contribution in [0.25, 0.3) is 0 Å². The van der Waals surface area contributed by atoms with Crippen molar-refractivity contribution in [3.63, 3.8) is 0 Å². The summed E-state index contributed by atoms with van der Waals surface area (Å²) in [6.07, 6.45) is 1.29. The van der Waals surface area contributed by atoms with Gasteiger partial charge in [0.2, 0.25) is 0 Å². The van der Waals surface area contributed by atoms with Crippen molar-refractivity contribution >= 4 is 5.97 Å². The molecule has 0 saturated carbocycles. The minimum Gasteiger partial charge on any atom is -0.469 e. The average molecular weight is 203 g/mol. The molecule has 4 heteroatoms. The molecule has 0 aliphatic carbocycles. The van der Waals surface area contributed by atoms with Crippen LogP contribution in [0.15, 0.2) is 0 Å². The second-order valence-electron chi connectivity index (χ2n) is 3.83. The summed E-state index contributed by atoms with van der Waals surface area (Å²) in [6.45, 7) is 5.53. The Labute approximate surface area is 85.6 Å². The minimum absolute atomic E-state index is 0.0872. The summed E-state index contributed by atoms with van der Waals surface area (Å²) in [7, 11) is 1.38. The molecule has 0 aromatic rings. The number of carbonyl (C=O) groups excluding carboxylic acids is 1. The molecule has 2 N–H and O–H groups in total. The van der Waals surface area contributed by atoms with E-state index in [0.717, 1.165) is 13.0 Å². The predicted octanol–water partition coefficient (Wildman–Crippen LogP) is 0.548.